The lowest BCUT2D eigenvalue weighted by Crippen LogP contribution is -2.19. The molecular formula is C44H80O3. The third kappa shape index (κ3) is 22.0. The second-order valence-electron chi connectivity index (χ2n) is 16.7. The van der Waals surface area contributed by atoms with Gasteiger partial charge in [-0.2, -0.15) is 0 Å². The van der Waals surface area contributed by atoms with E-state index in [1.54, 1.807) is 0 Å². The Morgan fingerprint density at radius 1 is 0.489 bits per heavy atom. The lowest BCUT2D eigenvalue weighted by atomic mass is 9.78. The summed E-state index contributed by atoms with van der Waals surface area (Å²) in [5, 5.41) is 10.9. The SMILES string of the molecule is CCCCCCCCCCCCCCCCCCCCCCCCCCCCCOC(=O)c1cc(C(C)(C)C)c(O)c(C(C)(C)C)c1. The number of hydrogen-bond acceptors (Lipinski definition) is 3. The predicted molar refractivity (Wildman–Crippen MR) is 206 cm³/mol. The highest BCUT2D eigenvalue weighted by Crippen LogP contribution is 2.40. The summed E-state index contributed by atoms with van der Waals surface area (Å²) in [7, 11) is 0. The molecule has 1 N–H and O–H groups in total. The van der Waals surface area contributed by atoms with E-state index >= 15 is 0 Å². The molecule has 1 aromatic rings. The highest BCUT2D eigenvalue weighted by Gasteiger charge is 2.28. The van der Waals surface area contributed by atoms with E-state index < -0.39 is 0 Å². The van der Waals surface area contributed by atoms with Crippen LogP contribution in [0, 0.1) is 0 Å². The molecule has 0 heterocycles. The van der Waals surface area contributed by atoms with E-state index in [4.69, 9.17) is 4.74 Å². The van der Waals surface area contributed by atoms with Crippen LogP contribution in [0.1, 0.15) is 243 Å². The van der Waals surface area contributed by atoms with Crippen LogP contribution in [0.3, 0.4) is 0 Å². The number of benzene rings is 1. The summed E-state index contributed by atoms with van der Waals surface area (Å²) in [4.78, 5) is 12.9. The van der Waals surface area contributed by atoms with E-state index in [0.717, 1.165) is 24.0 Å². The van der Waals surface area contributed by atoms with Crippen molar-refractivity contribution in [3.05, 3.63) is 28.8 Å². The molecule has 0 unspecified atom stereocenters. The monoisotopic (exact) mass is 657 g/mol. The molecule has 274 valence electrons. The molecule has 0 aliphatic carbocycles. The summed E-state index contributed by atoms with van der Waals surface area (Å²) in [5.74, 6) is 0.0166. The second-order valence-corrected chi connectivity index (χ2v) is 16.7. The zero-order valence-corrected chi connectivity index (χ0v) is 32.7. The Morgan fingerprint density at radius 2 is 0.745 bits per heavy atom. The maximum Gasteiger partial charge on any atom is 0.338 e. The normalized spacial score (nSPS) is 12.1. The van der Waals surface area contributed by atoms with Crippen LogP contribution < -0.4 is 0 Å². The molecule has 0 aliphatic rings. The van der Waals surface area contributed by atoms with E-state index in [0.29, 0.717) is 17.9 Å². The number of aromatic hydroxyl groups is 1. The topological polar surface area (TPSA) is 46.5 Å². The summed E-state index contributed by atoms with van der Waals surface area (Å²) < 4.78 is 5.64. The summed E-state index contributed by atoms with van der Waals surface area (Å²) in [6.45, 7) is 15.1. The molecule has 0 bridgehead atoms. The summed E-state index contributed by atoms with van der Waals surface area (Å²) in [6, 6.07) is 3.63. The number of carbonyl (C=O) groups is 1. The predicted octanol–water partition coefficient (Wildman–Crippen LogP) is 14.7. The minimum atomic E-state index is -0.282. The zero-order valence-electron chi connectivity index (χ0n) is 32.7. The van der Waals surface area contributed by atoms with E-state index in [1.807, 2.05) is 12.1 Å². The molecule has 0 aromatic heterocycles. The minimum Gasteiger partial charge on any atom is -0.507 e. The average Bonchev–Trinajstić information content (AvgIpc) is 3.01. The Balaban J connectivity index is 1.92. The summed E-state index contributed by atoms with van der Waals surface area (Å²) in [6.07, 6.45) is 37.5. The van der Waals surface area contributed by atoms with Gasteiger partial charge in [-0.1, -0.05) is 215 Å². The molecule has 0 radical (unpaired) electrons. The fraction of sp³-hybridized carbons (Fsp3) is 0.841. The van der Waals surface area contributed by atoms with Crippen molar-refractivity contribution in [1.29, 1.82) is 0 Å². The van der Waals surface area contributed by atoms with Gasteiger partial charge >= 0.3 is 5.97 Å². The number of esters is 1. The number of ether oxygens (including phenoxy) is 1. The van der Waals surface area contributed by atoms with E-state index in [-0.39, 0.29) is 16.8 Å². The first kappa shape index (κ1) is 43.5. The van der Waals surface area contributed by atoms with Crippen LogP contribution in [-0.2, 0) is 15.6 Å². The maximum atomic E-state index is 12.9. The standard InChI is InChI=1S/C44H80O3/c1-8-9-10-11-12-13-14-15-16-17-18-19-20-21-22-23-24-25-26-27-28-29-30-31-32-33-34-35-47-42(46)38-36-39(43(2,3)4)41(45)40(37-38)44(5,6)7/h36-37,45H,8-35H2,1-7H3. The molecular weight excluding hydrogens is 576 g/mol. The summed E-state index contributed by atoms with van der Waals surface area (Å²) in [5.41, 5.74) is 1.62. The van der Waals surface area contributed by atoms with Gasteiger partial charge in [0.05, 0.1) is 12.2 Å². The fourth-order valence-electron chi connectivity index (χ4n) is 6.74. The second kappa shape index (κ2) is 26.4. The Morgan fingerprint density at radius 3 is 1.00 bits per heavy atom. The third-order valence-electron chi connectivity index (χ3n) is 9.94. The highest BCUT2D eigenvalue weighted by atomic mass is 16.5. The summed E-state index contributed by atoms with van der Waals surface area (Å²) >= 11 is 0. The molecule has 0 saturated heterocycles. The Hall–Kier alpha value is -1.51. The number of unbranched alkanes of at least 4 members (excludes halogenated alkanes) is 26. The lowest BCUT2D eigenvalue weighted by Gasteiger charge is -2.28. The molecule has 0 aliphatic heterocycles. The van der Waals surface area contributed by atoms with Gasteiger partial charge in [0.25, 0.3) is 0 Å². The largest absolute Gasteiger partial charge is 0.507 e. The molecule has 0 amide bonds. The van der Waals surface area contributed by atoms with Gasteiger partial charge in [-0.15, -0.1) is 0 Å². The number of phenolic OH excluding ortho intramolecular Hbond substituents is 1. The van der Waals surface area contributed by atoms with E-state index in [9.17, 15) is 9.90 Å². The molecule has 0 spiro atoms. The Labute approximate surface area is 293 Å². The quantitative estimate of drug-likeness (QED) is 0.0689. The number of rotatable bonds is 29. The molecule has 3 nitrogen and oxygen atoms in total. The van der Waals surface area contributed by atoms with Gasteiger partial charge in [0.2, 0.25) is 0 Å². The first-order valence-electron chi connectivity index (χ1n) is 20.5. The number of hydrogen-bond donors (Lipinski definition) is 1. The van der Waals surface area contributed by atoms with Crippen LogP contribution in [0.25, 0.3) is 0 Å². The molecule has 1 rings (SSSR count). The number of phenols is 1. The van der Waals surface area contributed by atoms with Crippen molar-refractivity contribution < 1.29 is 14.6 Å². The van der Waals surface area contributed by atoms with Crippen molar-refractivity contribution in [2.24, 2.45) is 0 Å². The van der Waals surface area contributed by atoms with Crippen molar-refractivity contribution in [2.45, 2.75) is 233 Å². The first-order chi connectivity index (χ1) is 22.5. The number of carbonyl (C=O) groups excluding carboxylic acids is 1. The molecule has 0 atom stereocenters. The smallest absolute Gasteiger partial charge is 0.338 e. The molecule has 1 aromatic carbocycles. The Kier molecular flexibility index (Phi) is 24.4. The van der Waals surface area contributed by atoms with Crippen LogP contribution in [0.2, 0.25) is 0 Å². The van der Waals surface area contributed by atoms with Crippen LogP contribution in [-0.4, -0.2) is 17.7 Å². The van der Waals surface area contributed by atoms with Crippen molar-refractivity contribution in [2.75, 3.05) is 6.61 Å². The molecule has 47 heavy (non-hydrogen) atoms. The average molecular weight is 657 g/mol. The van der Waals surface area contributed by atoms with Crippen LogP contribution in [0.5, 0.6) is 5.75 Å². The van der Waals surface area contributed by atoms with Crippen molar-refractivity contribution in [3.8, 4) is 5.75 Å². The van der Waals surface area contributed by atoms with Crippen molar-refractivity contribution in [3.63, 3.8) is 0 Å². The van der Waals surface area contributed by atoms with Crippen molar-refractivity contribution in [1.82, 2.24) is 0 Å². The van der Waals surface area contributed by atoms with Gasteiger partial charge < -0.3 is 9.84 Å². The van der Waals surface area contributed by atoms with Gasteiger partial charge in [-0.05, 0) is 29.4 Å². The minimum absolute atomic E-state index is 0.258. The molecule has 0 saturated carbocycles. The lowest BCUT2D eigenvalue weighted by molar-refractivity contribution is 0.0497. The van der Waals surface area contributed by atoms with Crippen LogP contribution in [0.15, 0.2) is 12.1 Å². The molecule has 3 heteroatoms. The maximum absolute atomic E-state index is 12.9. The van der Waals surface area contributed by atoms with Gasteiger partial charge in [-0.25, -0.2) is 4.79 Å². The third-order valence-corrected chi connectivity index (χ3v) is 9.94. The highest BCUT2D eigenvalue weighted by molar-refractivity contribution is 5.90. The van der Waals surface area contributed by atoms with Gasteiger partial charge in [-0.3, -0.25) is 0 Å². The Bertz CT molecular complexity index is 869. The van der Waals surface area contributed by atoms with Crippen LogP contribution >= 0.6 is 0 Å². The van der Waals surface area contributed by atoms with E-state index in [2.05, 4.69) is 48.5 Å². The zero-order chi connectivity index (χ0) is 34.8. The van der Waals surface area contributed by atoms with Gasteiger partial charge in [0.1, 0.15) is 5.75 Å². The molecule has 0 fully saturated rings. The van der Waals surface area contributed by atoms with Crippen molar-refractivity contribution >= 4 is 5.97 Å². The van der Waals surface area contributed by atoms with Gasteiger partial charge in [0, 0.05) is 11.1 Å². The fourth-order valence-corrected chi connectivity index (χ4v) is 6.74. The van der Waals surface area contributed by atoms with Crippen LogP contribution in [0.4, 0.5) is 0 Å². The van der Waals surface area contributed by atoms with Gasteiger partial charge in [0.15, 0.2) is 0 Å². The first-order valence-corrected chi connectivity index (χ1v) is 20.5. The van der Waals surface area contributed by atoms with E-state index in [1.165, 1.54) is 161 Å².